The normalized spacial score (nSPS) is 11.0. The molecular formula is C15H18N4O3S. The average molecular weight is 334 g/mol. The summed E-state index contributed by atoms with van der Waals surface area (Å²) in [6.45, 7) is 0.331. The topological polar surface area (TPSA) is 100 Å². The molecule has 0 bridgehead atoms. The molecule has 0 saturated carbocycles. The molecule has 0 aliphatic heterocycles. The molecule has 0 aliphatic rings. The van der Waals surface area contributed by atoms with Crippen LogP contribution in [0.1, 0.15) is 11.1 Å². The van der Waals surface area contributed by atoms with Gasteiger partial charge in [-0.1, -0.05) is 30.3 Å². The van der Waals surface area contributed by atoms with E-state index in [1.165, 1.54) is 7.05 Å². The number of anilines is 1. The van der Waals surface area contributed by atoms with Crippen molar-refractivity contribution in [2.24, 2.45) is 0 Å². The van der Waals surface area contributed by atoms with Gasteiger partial charge in [0.15, 0.2) is 0 Å². The van der Waals surface area contributed by atoms with E-state index in [1.54, 1.807) is 48.7 Å². The Labute approximate surface area is 135 Å². The van der Waals surface area contributed by atoms with Crippen LogP contribution in [0.2, 0.25) is 0 Å². The molecule has 2 aromatic rings. The molecule has 1 aromatic carbocycles. The number of nitrogens with zero attached hydrogens (tertiary/aromatic N) is 1. The molecule has 0 aliphatic carbocycles. The van der Waals surface area contributed by atoms with Crippen LogP contribution in [0.25, 0.3) is 0 Å². The Balaban J connectivity index is 1.85. The highest BCUT2D eigenvalue weighted by Gasteiger charge is 2.08. The molecule has 122 valence electrons. The number of rotatable bonds is 6. The number of hydrogen-bond acceptors (Lipinski definition) is 4. The number of urea groups is 1. The lowest BCUT2D eigenvalue weighted by Gasteiger charge is -2.08. The number of hydrogen-bond donors (Lipinski definition) is 3. The third kappa shape index (κ3) is 5.68. The van der Waals surface area contributed by atoms with Gasteiger partial charge in [0.2, 0.25) is 10.0 Å². The summed E-state index contributed by atoms with van der Waals surface area (Å²) in [6.07, 6.45) is 1.59. The fraction of sp³-hybridized carbons (Fsp3) is 0.200. The van der Waals surface area contributed by atoms with Crippen molar-refractivity contribution in [3.8, 4) is 0 Å². The van der Waals surface area contributed by atoms with Crippen molar-refractivity contribution in [3.05, 3.63) is 59.8 Å². The number of aromatic nitrogens is 1. The van der Waals surface area contributed by atoms with Crippen LogP contribution < -0.4 is 15.4 Å². The van der Waals surface area contributed by atoms with Crippen LogP contribution in [0.5, 0.6) is 0 Å². The molecule has 8 heteroatoms. The molecule has 7 nitrogen and oxygen atoms in total. The van der Waals surface area contributed by atoms with Crippen molar-refractivity contribution in [2.75, 3.05) is 12.4 Å². The lowest BCUT2D eigenvalue weighted by Crippen LogP contribution is -2.28. The van der Waals surface area contributed by atoms with Gasteiger partial charge in [0, 0.05) is 12.7 Å². The number of amides is 2. The summed E-state index contributed by atoms with van der Waals surface area (Å²) in [5, 5.41) is 5.32. The van der Waals surface area contributed by atoms with Crippen LogP contribution in [0.3, 0.4) is 0 Å². The second-order valence-corrected chi connectivity index (χ2v) is 6.73. The van der Waals surface area contributed by atoms with Crippen LogP contribution >= 0.6 is 0 Å². The summed E-state index contributed by atoms with van der Waals surface area (Å²) in [7, 11) is -1.90. The van der Waals surface area contributed by atoms with E-state index >= 15 is 0 Å². The largest absolute Gasteiger partial charge is 0.334 e. The fourth-order valence-corrected chi connectivity index (χ4v) is 2.60. The average Bonchev–Trinajstić information content (AvgIpc) is 2.55. The predicted octanol–water partition coefficient (Wildman–Crippen LogP) is 1.45. The molecule has 0 unspecified atom stereocenters. The lowest BCUT2D eigenvalue weighted by molar-refractivity contribution is 0.251. The first-order valence-electron chi connectivity index (χ1n) is 6.93. The third-order valence-electron chi connectivity index (χ3n) is 3.05. The lowest BCUT2D eigenvalue weighted by atomic mass is 10.1. The summed E-state index contributed by atoms with van der Waals surface area (Å²) < 4.78 is 25.2. The zero-order valence-corrected chi connectivity index (χ0v) is 13.4. The third-order valence-corrected chi connectivity index (χ3v) is 4.39. The van der Waals surface area contributed by atoms with E-state index in [9.17, 15) is 13.2 Å². The van der Waals surface area contributed by atoms with Crippen LogP contribution in [0, 0.1) is 0 Å². The standard InChI is InChI=1S/C15H18N4O3S/c1-16-23(21,22)11-13-7-5-12(6-8-13)10-18-15(20)19-14-4-2-3-9-17-14/h2-9,16H,10-11H2,1H3,(H2,17,18,19,20). The van der Waals surface area contributed by atoms with Crippen LogP contribution in [-0.4, -0.2) is 26.5 Å². The molecule has 1 aromatic heterocycles. The smallest absolute Gasteiger partial charge is 0.320 e. The number of carbonyl (C=O) groups excluding carboxylic acids is 1. The molecular weight excluding hydrogens is 316 g/mol. The van der Waals surface area contributed by atoms with E-state index in [4.69, 9.17) is 0 Å². The minimum atomic E-state index is -3.28. The highest BCUT2D eigenvalue weighted by Crippen LogP contribution is 2.08. The summed E-state index contributed by atoms with van der Waals surface area (Å²) >= 11 is 0. The van der Waals surface area contributed by atoms with Gasteiger partial charge in [0.25, 0.3) is 0 Å². The van der Waals surface area contributed by atoms with Crippen LogP contribution in [-0.2, 0) is 22.3 Å². The molecule has 2 amide bonds. The van der Waals surface area contributed by atoms with E-state index in [0.717, 1.165) is 5.56 Å². The second-order valence-electron chi connectivity index (χ2n) is 4.80. The SMILES string of the molecule is CNS(=O)(=O)Cc1ccc(CNC(=O)Nc2ccccn2)cc1. The summed E-state index contributed by atoms with van der Waals surface area (Å²) in [5.74, 6) is 0.398. The van der Waals surface area contributed by atoms with Crippen molar-refractivity contribution in [1.82, 2.24) is 15.0 Å². The zero-order valence-electron chi connectivity index (χ0n) is 12.6. The molecule has 0 fully saturated rings. The minimum Gasteiger partial charge on any atom is -0.334 e. The van der Waals surface area contributed by atoms with Crippen LogP contribution in [0.15, 0.2) is 48.7 Å². The Morgan fingerprint density at radius 1 is 1.09 bits per heavy atom. The Bertz CT molecular complexity index is 746. The van der Waals surface area contributed by atoms with Crippen molar-refractivity contribution in [1.29, 1.82) is 0 Å². The van der Waals surface area contributed by atoms with Crippen LogP contribution in [0.4, 0.5) is 10.6 Å². The maximum absolute atomic E-state index is 11.7. The summed E-state index contributed by atoms with van der Waals surface area (Å²) in [5.41, 5.74) is 1.55. The number of pyridine rings is 1. The maximum atomic E-state index is 11.7. The fourth-order valence-electron chi connectivity index (χ4n) is 1.82. The number of benzene rings is 1. The molecule has 0 spiro atoms. The zero-order chi connectivity index (χ0) is 16.7. The minimum absolute atomic E-state index is 0.0721. The van der Waals surface area contributed by atoms with Gasteiger partial charge in [0.1, 0.15) is 5.82 Å². The highest BCUT2D eigenvalue weighted by atomic mass is 32.2. The Morgan fingerprint density at radius 2 is 1.78 bits per heavy atom. The van der Waals surface area contributed by atoms with Gasteiger partial charge in [0.05, 0.1) is 5.75 Å². The Hall–Kier alpha value is -2.45. The molecule has 0 radical (unpaired) electrons. The van der Waals surface area contributed by atoms with E-state index in [2.05, 4.69) is 20.3 Å². The van der Waals surface area contributed by atoms with Gasteiger partial charge < -0.3 is 5.32 Å². The van der Waals surface area contributed by atoms with E-state index < -0.39 is 10.0 Å². The number of sulfonamides is 1. The monoisotopic (exact) mass is 334 g/mol. The second kappa shape index (κ2) is 7.70. The molecule has 2 rings (SSSR count). The van der Waals surface area contributed by atoms with Gasteiger partial charge >= 0.3 is 6.03 Å². The van der Waals surface area contributed by atoms with E-state index in [0.29, 0.717) is 17.9 Å². The molecule has 23 heavy (non-hydrogen) atoms. The first-order chi connectivity index (χ1) is 11.0. The Morgan fingerprint density at radius 3 is 2.39 bits per heavy atom. The molecule has 3 N–H and O–H groups in total. The highest BCUT2D eigenvalue weighted by molar-refractivity contribution is 7.88. The summed E-state index contributed by atoms with van der Waals surface area (Å²) in [4.78, 5) is 15.7. The molecule has 1 heterocycles. The quantitative estimate of drug-likeness (QED) is 0.744. The predicted molar refractivity (Wildman–Crippen MR) is 88.2 cm³/mol. The van der Waals surface area contributed by atoms with Gasteiger partial charge in [-0.25, -0.2) is 22.9 Å². The first-order valence-corrected chi connectivity index (χ1v) is 8.59. The molecule has 0 saturated heterocycles. The van der Waals surface area contributed by atoms with Gasteiger partial charge in [-0.05, 0) is 30.3 Å². The first kappa shape index (κ1) is 16.9. The van der Waals surface area contributed by atoms with E-state index in [-0.39, 0.29) is 11.8 Å². The van der Waals surface area contributed by atoms with Gasteiger partial charge in [-0.15, -0.1) is 0 Å². The van der Waals surface area contributed by atoms with Gasteiger partial charge in [-0.3, -0.25) is 5.32 Å². The number of nitrogens with one attached hydrogen (secondary N) is 3. The number of carbonyl (C=O) groups is 1. The van der Waals surface area contributed by atoms with Crippen molar-refractivity contribution in [3.63, 3.8) is 0 Å². The van der Waals surface area contributed by atoms with Crippen molar-refractivity contribution < 1.29 is 13.2 Å². The summed E-state index contributed by atoms with van der Waals surface area (Å²) in [6, 6.07) is 11.9. The molecule has 0 atom stereocenters. The van der Waals surface area contributed by atoms with Crippen molar-refractivity contribution in [2.45, 2.75) is 12.3 Å². The maximum Gasteiger partial charge on any atom is 0.320 e. The van der Waals surface area contributed by atoms with Crippen molar-refractivity contribution >= 4 is 21.9 Å². The Kier molecular flexibility index (Phi) is 5.67. The van der Waals surface area contributed by atoms with Gasteiger partial charge in [-0.2, -0.15) is 0 Å². The van der Waals surface area contributed by atoms with E-state index in [1.807, 2.05) is 0 Å².